The number of carbonyl (C=O) groups is 2. The fourth-order valence-corrected chi connectivity index (χ4v) is 0.856. The number of nitrogens with two attached hydrogens (primary N) is 1. The minimum Gasteiger partial charge on any atom is -0.366 e. The van der Waals surface area contributed by atoms with Crippen molar-refractivity contribution in [1.29, 1.82) is 0 Å². The molecule has 0 spiro atoms. The molecule has 0 unspecified atom stereocenters. The monoisotopic (exact) mass is 206 g/mol. The standard InChI is InChI=1S/C9H10N4O2/c10-8(15)9(11-6-14)13-12-7-4-2-1-3-5-7/h1-6,9H,(H2,10,15)(H,11,14)/t9-/m0/s1. The zero-order valence-electron chi connectivity index (χ0n) is 7.83. The largest absolute Gasteiger partial charge is 0.366 e. The molecule has 0 aliphatic rings. The third-order valence-electron chi connectivity index (χ3n) is 1.54. The lowest BCUT2D eigenvalue weighted by atomic mass is 10.3. The van der Waals surface area contributed by atoms with Gasteiger partial charge in [0, 0.05) is 0 Å². The lowest BCUT2D eigenvalue weighted by molar-refractivity contribution is -0.122. The second-order valence-corrected chi connectivity index (χ2v) is 2.64. The van der Waals surface area contributed by atoms with Crippen molar-refractivity contribution < 1.29 is 9.59 Å². The highest BCUT2D eigenvalue weighted by atomic mass is 16.2. The van der Waals surface area contributed by atoms with Crippen molar-refractivity contribution in [3.8, 4) is 0 Å². The zero-order valence-corrected chi connectivity index (χ0v) is 7.83. The average molecular weight is 206 g/mol. The van der Waals surface area contributed by atoms with Crippen LogP contribution in [0.1, 0.15) is 0 Å². The summed E-state index contributed by atoms with van der Waals surface area (Å²) in [5, 5.41) is 9.48. The van der Waals surface area contributed by atoms with E-state index < -0.39 is 12.1 Å². The molecule has 0 bridgehead atoms. The Hall–Kier alpha value is -2.24. The van der Waals surface area contributed by atoms with Gasteiger partial charge in [-0.2, -0.15) is 10.2 Å². The Morgan fingerprint density at radius 1 is 1.40 bits per heavy atom. The van der Waals surface area contributed by atoms with E-state index in [0.717, 1.165) is 0 Å². The van der Waals surface area contributed by atoms with Crippen LogP contribution in [0, 0.1) is 0 Å². The van der Waals surface area contributed by atoms with E-state index in [-0.39, 0.29) is 0 Å². The molecule has 0 heterocycles. The number of hydrogen-bond acceptors (Lipinski definition) is 4. The van der Waals surface area contributed by atoms with Crippen LogP contribution in [0.15, 0.2) is 40.6 Å². The number of nitrogens with zero attached hydrogens (tertiary/aromatic N) is 2. The molecular weight excluding hydrogens is 196 g/mol. The van der Waals surface area contributed by atoms with E-state index in [1.54, 1.807) is 24.3 Å². The molecule has 15 heavy (non-hydrogen) atoms. The van der Waals surface area contributed by atoms with Gasteiger partial charge < -0.3 is 11.1 Å². The first kappa shape index (κ1) is 10.8. The van der Waals surface area contributed by atoms with Gasteiger partial charge in [-0.15, -0.1) is 0 Å². The second-order valence-electron chi connectivity index (χ2n) is 2.64. The zero-order chi connectivity index (χ0) is 11.1. The van der Waals surface area contributed by atoms with Crippen molar-refractivity contribution in [2.24, 2.45) is 16.0 Å². The number of benzene rings is 1. The summed E-state index contributed by atoms with van der Waals surface area (Å²) in [5.74, 6) is -0.762. The van der Waals surface area contributed by atoms with Crippen LogP contribution in [-0.4, -0.2) is 18.5 Å². The molecule has 0 aromatic heterocycles. The van der Waals surface area contributed by atoms with Gasteiger partial charge in [0.1, 0.15) is 0 Å². The molecule has 0 radical (unpaired) electrons. The third kappa shape index (κ3) is 3.55. The van der Waals surface area contributed by atoms with E-state index in [2.05, 4.69) is 15.5 Å². The summed E-state index contributed by atoms with van der Waals surface area (Å²) >= 11 is 0. The number of primary amides is 1. The fourth-order valence-electron chi connectivity index (χ4n) is 0.856. The summed E-state index contributed by atoms with van der Waals surface area (Å²) in [5.41, 5.74) is 5.55. The molecule has 1 rings (SSSR count). The predicted octanol–water partition coefficient (Wildman–Crippen LogP) is 0.328. The van der Waals surface area contributed by atoms with Crippen LogP contribution in [-0.2, 0) is 9.59 Å². The van der Waals surface area contributed by atoms with E-state index in [1.165, 1.54) is 0 Å². The molecule has 1 aromatic carbocycles. The van der Waals surface area contributed by atoms with Crippen LogP contribution >= 0.6 is 0 Å². The molecule has 6 nitrogen and oxygen atoms in total. The maximum Gasteiger partial charge on any atom is 0.264 e. The summed E-state index contributed by atoms with van der Waals surface area (Å²) in [7, 11) is 0. The first-order valence-electron chi connectivity index (χ1n) is 4.19. The maximum atomic E-state index is 10.8. The first-order valence-corrected chi connectivity index (χ1v) is 4.19. The predicted molar refractivity (Wildman–Crippen MR) is 53.1 cm³/mol. The normalized spacial score (nSPS) is 12.3. The number of carbonyl (C=O) groups excluding carboxylic acids is 2. The highest BCUT2D eigenvalue weighted by Crippen LogP contribution is 2.10. The minimum atomic E-state index is -1.12. The molecular formula is C9H10N4O2. The second kappa shape index (κ2) is 5.48. The molecule has 0 aliphatic carbocycles. The first-order chi connectivity index (χ1) is 7.24. The van der Waals surface area contributed by atoms with Crippen LogP contribution in [0.4, 0.5) is 5.69 Å². The Balaban J connectivity index is 2.69. The fraction of sp³-hybridized carbons (Fsp3) is 0.111. The van der Waals surface area contributed by atoms with Gasteiger partial charge in [0.05, 0.1) is 5.69 Å². The third-order valence-corrected chi connectivity index (χ3v) is 1.54. The Morgan fingerprint density at radius 2 is 2.07 bits per heavy atom. The summed E-state index contributed by atoms with van der Waals surface area (Å²) in [6.07, 6.45) is -0.776. The Labute approximate surface area is 86.2 Å². The summed E-state index contributed by atoms with van der Waals surface area (Å²) in [4.78, 5) is 20.9. The van der Waals surface area contributed by atoms with Gasteiger partial charge in [0.2, 0.25) is 12.6 Å². The van der Waals surface area contributed by atoms with Crippen molar-refractivity contribution in [3.63, 3.8) is 0 Å². The smallest absolute Gasteiger partial charge is 0.264 e. The number of rotatable bonds is 5. The van der Waals surface area contributed by atoms with Gasteiger partial charge in [-0.05, 0) is 12.1 Å². The molecule has 1 aromatic rings. The number of amides is 2. The molecule has 3 N–H and O–H groups in total. The van der Waals surface area contributed by atoms with Gasteiger partial charge >= 0.3 is 0 Å². The topological polar surface area (TPSA) is 96.9 Å². The summed E-state index contributed by atoms with van der Waals surface area (Å²) in [6.45, 7) is 0. The van der Waals surface area contributed by atoms with E-state index in [0.29, 0.717) is 12.1 Å². The Kier molecular flexibility index (Phi) is 3.96. The highest BCUT2D eigenvalue weighted by molar-refractivity contribution is 5.81. The van der Waals surface area contributed by atoms with Crippen molar-refractivity contribution in [2.45, 2.75) is 6.17 Å². The highest BCUT2D eigenvalue weighted by Gasteiger charge is 2.11. The van der Waals surface area contributed by atoms with Crippen LogP contribution < -0.4 is 11.1 Å². The van der Waals surface area contributed by atoms with Crippen molar-refractivity contribution >= 4 is 18.0 Å². The maximum absolute atomic E-state index is 10.8. The lowest BCUT2D eigenvalue weighted by Crippen LogP contribution is -2.38. The molecule has 78 valence electrons. The SMILES string of the molecule is NC(=O)[C@H](N=Nc1ccccc1)NC=O. The van der Waals surface area contributed by atoms with E-state index in [1.807, 2.05) is 6.07 Å². The molecule has 0 saturated heterocycles. The van der Waals surface area contributed by atoms with Gasteiger partial charge in [0.15, 0.2) is 0 Å². The number of nitrogens with one attached hydrogen (secondary N) is 1. The van der Waals surface area contributed by atoms with E-state index >= 15 is 0 Å². The molecule has 2 amide bonds. The van der Waals surface area contributed by atoms with Crippen LogP contribution in [0.2, 0.25) is 0 Å². The van der Waals surface area contributed by atoms with Crippen molar-refractivity contribution in [2.75, 3.05) is 0 Å². The van der Waals surface area contributed by atoms with Gasteiger partial charge in [-0.25, -0.2) is 0 Å². The van der Waals surface area contributed by atoms with Crippen LogP contribution in [0.5, 0.6) is 0 Å². The molecule has 0 aliphatic heterocycles. The minimum absolute atomic E-state index is 0.347. The molecule has 1 atom stereocenters. The molecule has 0 fully saturated rings. The van der Waals surface area contributed by atoms with Gasteiger partial charge in [-0.1, -0.05) is 18.2 Å². The number of hydrogen-bond donors (Lipinski definition) is 2. The van der Waals surface area contributed by atoms with E-state index in [4.69, 9.17) is 5.73 Å². The summed E-state index contributed by atoms with van der Waals surface area (Å²) < 4.78 is 0. The van der Waals surface area contributed by atoms with Crippen LogP contribution in [0.3, 0.4) is 0 Å². The van der Waals surface area contributed by atoms with Gasteiger partial charge in [0.25, 0.3) is 5.91 Å². The Morgan fingerprint density at radius 3 is 2.60 bits per heavy atom. The summed E-state index contributed by atoms with van der Waals surface area (Å²) in [6, 6.07) is 8.81. The van der Waals surface area contributed by atoms with E-state index in [9.17, 15) is 9.59 Å². The van der Waals surface area contributed by atoms with Crippen LogP contribution in [0.25, 0.3) is 0 Å². The molecule has 6 heteroatoms. The number of azo groups is 1. The quantitative estimate of drug-likeness (QED) is 0.536. The van der Waals surface area contributed by atoms with Crippen molar-refractivity contribution in [3.05, 3.63) is 30.3 Å². The lowest BCUT2D eigenvalue weighted by Gasteiger charge is -2.03. The average Bonchev–Trinajstić information content (AvgIpc) is 2.25. The van der Waals surface area contributed by atoms with Gasteiger partial charge in [-0.3, -0.25) is 9.59 Å². The Bertz CT molecular complexity index is 364. The molecule has 0 saturated carbocycles. The van der Waals surface area contributed by atoms with Crippen molar-refractivity contribution in [1.82, 2.24) is 5.32 Å².